The average molecular weight is 276 g/mol. The van der Waals surface area contributed by atoms with Crippen molar-refractivity contribution in [3.05, 3.63) is 30.1 Å². The van der Waals surface area contributed by atoms with E-state index in [-0.39, 0.29) is 18.0 Å². The van der Waals surface area contributed by atoms with E-state index in [0.717, 1.165) is 10.4 Å². The van der Waals surface area contributed by atoms with Crippen LogP contribution in [-0.2, 0) is 14.8 Å². The number of nitrogens with zero attached hydrogens (tertiary/aromatic N) is 1. The van der Waals surface area contributed by atoms with E-state index in [1.807, 2.05) is 0 Å². The van der Waals surface area contributed by atoms with Crippen molar-refractivity contribution in [3.63, 3.8) is 0 Å². The minimum Gasteiger partial charge on any atom is -0.383 e. The fraction of sp³-hybridized carbons (Fsp3) is 0.455. The van der Waals surface area contributed by atoms with E-state index in [0.29, 0.717) is 0 Å². The molecule has 0 bridgehead atoms. The van der Waals surface area contributed by atoms with Crippen molar-refractivity contribution in [3.8, 4) is 0 Å². The number of ether oxygens (including phenoxy) is 1. The number of sulfonamides is 1. The first-order valence-corrected chi connectivity index (χ1v) is 6.78. The van der Waals surface area contributed by atoms with Crippen molar-refractivity contribution >= 4 is 10.0 Å². The highest BCUT2D eigenvalue weighted by molar-refractivity contribution is 7.89. The topological polar surface area (TPSA) is 72.6 Å². The Morgan fingerprint density at radius 3 is 2.72 bits per heavy atom. The lowest BCUT2D eigenvalue weighted by Gasteiger charge is -2.20. The third-order valence-corrected chi connectivity index (χ3v) is 4.20. The van der Waals surface area contributed by atoms with E-state index in [4.69, 9.17) is 10.5 Å². The van der Waals surface area contributed by atoms with Gasteiger partial charge in [-0.1, -0.05) is 6.07 Å². The molecule has 1 aromatic rings. The second-order valence-corrected chi connectivity index (χ2v) is 6.00. The van der Waals surface area contributed by atoms with E-state index in [1.165, 1.54) is 32.4 Å². The van der Waals surface area contributed by atoms with Crippen LogP contribution in [0.2, 0.25) is 0 Å². The molecule has 0 aliphatic rings. The van der Waals surface area contributed by atoms with Gasteiger partial charge >= 0.3 is 0 Å². The molecule has 0 heterocycles. The third-order valence-electron chi connectivity index (χ3n) is 2.38. The molecule has 102 valence electrons. The normalized spacial score (nSPS) is 13.8. The summed E-state index contributed by atoms with van der Waals surface area (Å²) in [5.41, 5.74) is 5.68. The largest absolute Gasteiger partial charge is 0.383 e. The summed E-state index contributed by atoms with van der Waals surface area (Å²) in [5.74, 6) is -0.592. The maximum absolute atomic E-state index is 13.0. The molecule has 5 nitrogen and oxygen atoms in total. The van der Waals surface area contributed by atoms with Crippen LogP contribution >= 0.6 is 0 Å². The Balaban J connectivity index is 2.86. The van der Waals surface area contributed by atoms with Crippen LogP contribution in [0.25, 0.3) is 0 Å². The van der Waals surface area contributed by atoms with Crippen LogP contribution in [0.4, 0.5) is 4.39 Å². The fourth-order valence-corrected chi connectivity index (χ4v) is 2.76. The van der Waals surface area contributed by atoms with Crippen molar-refractivity contribution in [2.75, 3.05) is 27.3 Å². The van der Waals surface area contributed by atoms with E-state index in [1.54, 1.807) is 0 Å². The minimum atomic E-state index is -3.72. The maximum Gasteiger partial charge on any atom is 0.242 e. The van der Waals surface area contributed by atoms with Gasteiger partial charge in [0.15, 0.2) is 0 Å². The van der Waals surface area contributed by atoms with Gasteiger partial charge in [-0.25, -0.2) is 12.8 Å². The third kappa shape index (κ3) is 3.74. The van der Waals surface area contributed by atoms with Gasteiger partial charge in [0, 0.05) is 26.7 Å². The minimum absolute atomic E-state index is 0.0883. The first-order chi connectivity index (χ1) is 8.37. The first kappa shape index (κ1) is 15.0. The second-order valence-electron chi connectivity index (χ2n) is 3.96. The smallest absolute Gasteiger partial charge is 0.242 e. The van der Waals surface area contributed by atoms with Gasteiger partial charge in [0.25, 0.3) is 0 Å². The summed E-state index contributed by atoms with van der Waals surface area (Å²) in [6.07, 6.45) is 0. The maximum atomic E-state index is 13.0. The molecule has 0 fully saturated rings. The quantitative estimate of drug-likeness (QED) is 0.817. The van der Waals surface area contributed by atoms with Crippen molar-refractivity contribution in [2.45, 2.75) is 10.9 Å². The van der Waals surface area contributed by atoms with E-state index in [9.17, 15) is 12.8 Å². The Bertz CT molecular complexity index is 493. The lowest BCUT2D eigenvalue weighted by molar-refractivity contribution is 0.173. The zero-order chi connectivity index (χ0) is 13.8. The molecular weight excluding hydrogens is 259 g/mol. The summed E-state index contributed by atoms with van der Waals surface area (Å²) < 4.78 is 43.1. The lowest BCUT2D eigenvalue weighted by Crippen LogP contribution is -2.41. The predicted octanol–water partition coefficient (Wildman–Crippen LogP) is 0.420. The number of benzene rings is 1. The zero-order valence-electron chi connectivity index (χ0n) is 10.3. The van der Waals surface area contributed by atoms with Crippen molar-refractivity contribution in [2.24, 2.45) is 5.73 Å². The van der Waals surface area contributed by atoms with Crippen LogP contribution < -0.4 is 5.73 Å². The van der Waals surface area contributed by atoms with Gasteiger partial charge in [-0.05, 0) is 18.2 Å². The first-order valence-electron chi connectivity index (χ1n) is 5.34. The van der Waals surface area contributed by atoms with E-state index in [2.05, 4.69) is 0 Å². The van der Waals surface area contributed by atoms with Gasteiger partial charge < -0.3 is 10.5 Å². The Labute approximate surface area is 106 Å². The number of rotatable bonds is 6. The molecule has 0 amide bonds. The molecule has 0 aromatic heterocycles. The van der Waals surface area contributed by atoms with E-state index < -0.39 is 21.9 Å². The van der Waals surface area contributed by atoms with Crippen LogP contribution in [0, 0.1) is 5.82 Å². The van der Waals surface area contributed by atoms with Crippen molar-refractivity contribution < 1.29 is 17.5 Å². The van der Waals surface area contributed by atoms with Gasteiger partial charge in [-0.2, -0.15) is 4.31 Å². The van der Waals surface area contributed by atoms with Crippen molar-refractivity contribution in [1.82, 2.24) is 4.31 Å². The summed E-state index contributed by atoms with van der Waals surface area (Å²) >= 11 is 0. The SMILES string of the molecule is COCC(N)CN(C)S(=O)(=O)c1cccc(F)c1. The van der Waals surface area contributed by atoms with Gasteiger partial charge in [0.05, 0.1) is 11.5 Å². The number of methoxy groups -OCH3 is 1. The average Bonchev–Trinajstić information content (AvgIpc) is 2.29. The Morgan fingerprint density at radius 2 is 2.17 bits per heavy atom. The summed E-state index contributed by atoms with van der Waals surface area (Å²) in [4.78, 5) is -0.0883. The van der Waals surface area contributed by atoms with Crippen molar-refractivity contribution in [1.29, 1.82) is 0 Å². The monoisotopic (exact) mass is 276 g/mol. The molecule has 1 atom stereocenters. The molecule has 0 saturated heterocycles. The molecule has 0 spiro atoms. The molecule has 0 radical (unpaired) electrons. The summed E-state index contributed by atoms with van der Waals surface area (Å²) in [6.45, 7) is 0.357. The molecule has 1 aromatic carbocycles. The molecule has 7 heteroatoms. The summed E-state index contributed by atoms with van der Waals surface area (Å²) in [6, 6.07) is 4.44. The number of hydrogen-bond donors (Lipinski definition) is 1. The molecule has 0 aliphatic heterocycles. The summed E-state index contributed by atoms with van der Waals surface area (Å²) in [5, 5.41) is 0. The predicted molar refractivity (Wildman–Crippen MR) is 66.1 cm³/mol. The van der Waals surface area contributed by atoms with Crippen LogP contribution in [0.5, 0.6) is 0 Å². The molecular formula is C11H17FN2O3S. The molecule has 0 saturated carbocycles. The molecule has 2 N–H and O–H groups in total. The Morgan fingerprint density at radius 1 is 1.50 bits per heavy atom. The highest BCUT2D eigenvalue weighted by Gasteiger charge is 2.22. The molecule has 18 heavy (non-hydrogen) atoms. The Kier molecular flexibility index (Phi) is 5.21. The van der Waals surface area contributed by atoms with Gasteiger partial charge in [0.2, 0.25) is 10.0 Å². The molecule has 1 rings (SSSR count). The highest BCUT2D eigenvalue weighted by atomic mass is 32.2. The zero-order valence-corrected chi connectivity index (χ0v) is 11.2. The number of likely N-dealkylation sites (N-methyl/N-ethyl adjacent to an activating group) is 1. The standard InChI is InChI=1S/C11H17FN2O3S/c1-14(7-10(13)8-17-2)18(15,16)11-5-3-4-9(12)6-11/h3-6,10H,7-8,13H2,1-2H3. The molecule has 1 unspecified atom stereocenters. The molecule has 0 aliphatic carbocycles. The van der Waals surface area contributed by atoms with E-state index >= 15 is 0 Å². The number of nitrogens with two attached hydrogens (primary N) is 1. The van der Waals surface area contributed by atoms with Gasteiger partial charge in [-0.3, -0.25) is 0 Å². The Hall–Kier alpha value is -1.02. The summed E-state index contributed by atoms with van der Waals surface area (Å²) in [7, 11) is -0.831. The number of hydrogen-bond acceptors (Lipinski definition) is 4. The lowest BCUT2D eigenvalue weighted by atomic mass is 10.3. The van der Waals surface area contributed by atoms with Gasteiger partial charge in [-0.15, -0.1) is 0 Å². The highest BCUT2D eigenvalue weighted by Crippen LogP contribution is 2.15. The van der Waals surface area contributed by atoms with Crippen LogP contribution in [0.15, 0.2) is 29.2 Å². The van der Waals surface area contributed by atoms with Crippen LogP contribution in [-0.4, -0.2) is 46.1 Å². The van der Waals surface area contributed by atoms with Gasteiger partial charge in [0.1, 0.15) is 5.82 Å². The number of halogens is 1. The fourth-order valence-electron chi connectivity index (χ4n) is 1.50. The van der Waals surface area contributed by atoms with Crippen LogP contribution in [0.1, 0.15) is 0 Å². The second kappa shape index (κ2) is 6.24. The van der Waals surface area contributed by atoms with Crippen LogP contribution in [0.3, 0.4) is 0 Å².